The Bertz CT molecular complexity index is 1320. The van der Waals surface area contributed by atoms with Crippen LogP contribution in [-0.2, 0) is 18.9 Å². The minimum Gasteiger partial charge on any atom is -0.367 e. The molecule has 4 aromatic rings. The SMILES string of the molecule is CC(=O)NC[C@H]1C[C@@H](Nc2nc(-c3cccc(-c4cnn(C)c4)c3)ncc2-c2cnn(C)c2)C1. The van der Waals surface area contributed by atoms with Gasteiger partial charge in [-0.3, -0.25) is 14.2 Å². The number of nitrogens with one attached hydrogen (secondary N) is 2. The molecule has 34 heavy (non-hydrogen) atoms. The fourth-order valence-electron chi connectivity index (χ4n) is 4.31. The highest BCUT2D eigenvalue weighted by Crippen LogP contribution is 2.34. The molecule has 1 aliphatic carbocycles. The normalized spacial score (nSPS) is 17.3. The van der Waals surface area contributed by atoms with Gasteiger partial charge in [0.25, 0.3) is 0 Å². The summed E-state index contributed by atoms with van der Waals surface area (Å²) in [5.41, 5.74) is 4.95. The van der Waals surface area contributed by atoms with E-state index in [-0.39, 0.29) is 5.91 Å². The quantitative estimate of drug-likeness (QED) is 0.443. The molecule has 3 aromatic heterocycles. The first-order valence-electron chi connectivity index (χ1n) is 11.4. The largest absolute Gasteiger partial charge is 0.367 e. The molecule has 1 aliphatic rings. The van der Waals surface area contributed by atoms with Crippen LogP contribution in [0.15, 0.2) is 55.2 Å². The molecule has 1 fully saturated rings. The maximum atomic E-state index is 11.2. The van der Waals surface area contributed by atoms with Crippen molar-refractivity contribution >= 4 is 11.7 Å². The maximum Gasteiger partial charge on any atom is 0.216 e. The van der Waals surface area contributed by atoms with Crippen molar-refractivity contribution < 1.29 is 4.79 Å². The lowest BCUT2D eigenvalue weighted by molar-refractivity contribution is -0.119. The van der Waals surface area contributed by atoms with Crippen molar-refractivity contribution in [3.63, 3.8) is 0 Å². The minimum absolute atomic E-state index is 0.0178. The Hall–Kier alpha value is -4.01. The molecule has 1 amide bonds. The van der Waals surface area contributed by atoms with Crippen molar-refractivity contribution in [2.75, 3.05) is 11.9 Å². The number of nitrogens with zero attached hydrogens (tertiary/aromatic N) is 6. The van der Waals surface area contributed by atoms with Gasteiger partial charge in [-0.15, -0.1) is 0 Å². The molecule has 0 aliphatic heterocycles. The number of amides is 1. The van der Waals surface area contributed by atoms with Crippen molar-refractivity contribution in [1.29, 1.82) is 0 Å². The number of aryl methyl sites for hydroxylation is 2. The van der Waals surface area contributed by atoms with Gasteiger partial charge in [0.2, 0.25) is 5.91 Å². The van der Waals surface area contributed by atoms with Crippen LogP contribution in [0.25, 0.3) is 33.6 Å². The molecule has 9 nitrogen and oxygen atoms in total. The average molecular weight is 457 g/mol. The van der Waals surface area contributed by atoms with Gasteiger partial charge in [0.05, 0.1) is 12.4 Å². The second kappa shape index (κ2) is 9.09. The maximum absolute atomic E-state index is 11.2. The molecular weight excluding hydrogens is 428 g/mol. The van der Waals surface area contributed by atoms with Gasteiger partial charge in [0.15, 0.2) is 5.82 Å². The summed E-state index contributed by atoms with van der Waals surface area (Å²) in [6.45, 7) is 2.28. The Morgan fingerprint density at radius 3 is 2.38 bits per heavy atom. The van der Waals surface area contributed by atoms with E-state index >= 15 is 0 Å². The third-order valence-electron chi connectivity index (χ3n) is 6.18. The lowest BCUT2D eigenvalue weighted by Crippen LogP contribution is -2.41. The van der Waals surface area contributed by atoms with Crippen LogP contribution in [0.2, 0.25) is 0 Å². The van der Waals surface area contributed by atoms with Crippen LogP contribution >= 0.6 is 0 Å². The first kappa shape index (κ1) is 21.8. The van der Waals surface area contributed by atoms with E-state index in [4.69, 9.17) is 9.97 Å². The molecule has 0 unspecified atom stereocenters. The predicted octanol–water partition coefficient (Wildman–Crippen LogP) is 3.27. The van der Waals surface area contributed by atoms with E-state index in [0.717, 1.165) is 53.0 Å². The van der Waals surface area contributed by atoms with Gasteiger partial charge in [-0.2, -0.15) is 10.2 Å². The average Bonchev–Trinajstić information content (AvgIpc) is 3.43. The lowest BCUT2D eigenvalue weighted by atomic mass is 9.80. The summed E-state index contributed by atoms with van der Waals surface area (Å²) in [4.78, 5) is 20.8. The van der Waals surface area contributed by atoms with Crippen LogP contribution in [0.4, 0.5) is 5.82 Å². The van der Waals surface area contributed by atoms with E-state index in [0.29, 0.717) is 17.8 Å². The number of aromatic nitrogens is 6. The Labute approximate surface area is 198 Å². The standard InChI is InChI=1S/C25H28N8O/c1-16(34)26-10-17-7-22(8-17)30-25-23(21-12-29-33(3)15-21)13-27-24(31-25)19-6-4-5-18(9-19)20-11-28-32(2)14-20/h4-6,9,11-15,17,22H,7-8,10H2,1-3H3,(H,26,34)(H,27,30,31)/t17-,22+. The van der Waals surface area contributed by atoms with Gasteiger partial charge < -0.3 is 10.6 Å². The number of rotatable bonds is 7. The molecule has 1 saturated carbocycles. The van der Waals surface area contributed by atoms with E-state index in [9.17, 15) is 4.79 Å². The van der Waals surface area contributed by atoms with Crippen LogP contribution in [-0.4, -0.2) is 48.0 Å². The Kier molecular flexibility index (Phi) is 5.83. The zero-order chi connectivity index (χ0) is 23.7. The van der Waals surface area contributed by atoms with Crippen molar-refractivity contribution in [2.45, 2.75) is 25.8 Å². The fourth-order valence-corrected chi connectivity index (χ4v) is 4.31. The molecule has 1 aromatic carbocycles. The first-order valence-corrected chi connectivity index (χ1v) is 11.4. The summed E-state index contributed by atoms with van der Waals surface area (Å²) in [5, 5.41) is 15.1. The topological polar surface area (TPSA) is 103 Å². The van der Waals surface area contributed by atoms with Crippen molar-refractivity contribution in [2.24, 2.45) is 20.0 Å². The van der Waals surface area contributed by atoms with Crippen molar-refractivity contribution in [1.82, 2.24) is 34.8 Å². The summed E-state index contributed by atoms with van der Waals surface area (Å²) in [5.74, 6) is 1.97. The molecule has 3 heterocycles. The van der Waals surface area contributed by atoms with Crippen LogP contribution in [0.3, 0.4) is 0 Å². The lowest BCUT2D eigenvalue weighted by Gasteiger charge is -2.36. The van der Waals surface area contributed by atoms with E-state index in [1.807, 2.05) is 57.2 Å². The van der Waals surface area contributed by atoms with Crippen LogP contribution < -0.4 is 10.6 Å². The molecule has 0 saturated heterocycles. The zero-order valence-corrected chi connectivity index (χ0v) is 19.6. The van der Waals surface area contributed by atoms with Gasteiger partial charge in [0.1, 0.15) is 5.82 Å². The highest BCUT2D eigenvalue weighted by Gasteiger charge is 2.30. The number of carbonyl (C=O) groups excluding carboxylic acids is 1. The van der Waals surface area contributed by atoms with E-state index in [1.54, 1.807) is 16.3 Å². The molecule has 0 bridgehead atoms. The van der Waals surface area contributed by atoms with Gasteiger partial charge in [-0.05, 0) is 30.4 Å². The number of hydrogen-bond acceptors (Lipinski definition) is 6. The van der Waals surface area contributed by atoms with Gasteiger partial charge >= 0.3 is 0 Å². The van der Waals surface area contributed by atoms with E-state index < -0.39 is 0 Å². The van der Waals surface area contributed by atoms with Gasteiger partial charge in [0, 0.05) is 74.5 Å². The second-order valence-corrected chi connectivity index (χ2v) is 8.96. The molecule has 2 N–H and O–H groups in total. The summed E-state index contributed by atoms with van der Waals surface area (Å²) in [7, 11) is 3.81. The Morgan fingerprint density at radius 1 is 1.00 bits per heavy atom. The zero-order valence-electron chi connectivity index (χ0n) is 19.6. The molecule has 174 valence electrons. The van der Waals surface area contributed by atoms with Crippen LogP contribution in [0.5, 0.6) is 0 Å². The Balaban J connectivity index is 1.42. The highest BCUT2D eigenvalue weighted by molar-refractivity contribution is 5.77. The summed E-state index contributed by atoms with van der Waals surface area (Å²) in [6.07, 6.45) is 11.5. The molecule has 0 radical (unpaired) electrons. The monoisotopic (exact) mass is 456 g/mol. The smallest absolute Gasteiger partial charge is 0.216 e. The van der Waals surface area contributed by atoms with Crippen molar-refractivity contribution in [3.8, 4) is 33.6 Å². The molecule has 0 spiro atoms. The van der Waals surface area contributed by atoms with E-state index in [1.165, 1.54) is 0 Å². The second-order valence-electron chi connectivity index (χ2n) is 8.96. The molecular formula is C25H28N8O. The van der Waals surface area contributed by atoms with Gasteiger partial charge in [-0.1, -0.05) is 18.2 Å². The fraction of sp³-hybridized carbons (Fsp3) is 0.320. The summed E-state index contributed by atoms with van der Waals surface area (Å²) in [6, 6.07) is 8.50. The highest BCUT2D eigenvalue weighted by atomic mass is 16.1. The Morgan fingerprint density at radius 2 is 1.71 bits per heavy atom. The minimum atomic E-state index is 0.0178. The number of benzene rings is 1. The van der Waals surface area contributed by atoms with E-state index in [2.05, 4.69) is 33.0 Å². The first-order chi connectivity index (χ1) is 16.4. The summed E-state index contributed by atoms with van der Waals surface area (Å²) >= 11 is 0. The molecule has 9 heteroatoms. The van der Waals surface area contributed by atoms with Gasteiger partial charge in [-0.25, -0.2) is 9.97 Å². The molecule has 0 atom stereocenters. The molecule has 5 rings (SSSR count). The summed E-state index contributed by atoms with van der Waals surface area (Å²) < 4.78 is 3.57. The van der Waals surface area contributed by atoms with Crippen LogP contribution in [0.1, 0.15) is 19.8 Å². The number of carbonyl (C=O) groups is 1. The third kappa shape index (κ3) is 4.68. The number of hydrogen-bond donors (Lipinski definition) is 2. The third-order valence-corrected chi connectivity index (χ3v) is 6.18. The predicted molar refractivity (Wildman–Crippen MR) is 131 cm³/mol. The van der Waals surface area contributed by atoms with Crippen LogP contribution in [0, 0.1) is 5.92 Å². The van der Waals surface area contributed by atoms with Crippen molar-refractivity contribution in [3.05, 3.63) is 55.2 Å². The number of anilines is 1.